The van der Waals surface area contributed by atoms with E-state index in [1.807, 2.05) is 6.07 Å². The number of rotatable bonds is 3. The van der Waals surface area contributed by atoms with Gasteiger partial charge in [-0.2, -0.15) is 5.10 Å². The topological polar surface area (TPSA) is 86.3 Å². The molecule has 0 radical (unpaired) electrons. The Morgan fingerprint density at radius 1 is 1.39 bits per heavy atom. The van der Waals surface area contributed by atoms with Gasteiger partial charge in [-0.3, -0.25) is 9.89 Å². The minimum atomic E-state index is -1.05. The van der Waals surface area contributed by atoms with E-state index in [1.165, 1.54) is 14.0 Å². The Morgan fingerprint density at radius 2 is 2.06 bits per heavy atom. The Kier molecular flexibility index (Phi) is 3.01. The summed E-state index contributed by atoms with van der Waals surface area (Å²) in [5.41, 5.74) is 0.985. The molecule has 18 heavy (non-hydrogen) atoms. The fourth-order valence-corrected chi connectivity index (χ4v) is 1.64. The molecular formula is C12H13N3O3. The van der Waals surface area contributed by atoms with Crippen molar-refractivity contribution in [3.8, 4) is 0 Å². The summed E-state index contributed by atoms with van der Waals surface area (Å²) >= 11 is 0. The van der Waals surface area contributed by atoms with E-state index in [0.717, 1.165) is 10.4 Å². The van der Waals surface area contributed by atoms with E-state index in [4.69, 9.17) is 5.11 Å². The van der Waals surface area contributed by atoms with Gasteiger partial charge in [-0.1, -0.05) is 18.2 Å². The molecule has 1 heterocycles. The number of amides is 1. The number of nitrogens with zero attached hydrogens (tertiary/aromatic N) is 2. The lowest BCUT2D eigenvalue weighted by molar-refractivity contribution is -0.141. The summed E-state index contributed by atoms with van der Waals surface area (Å²) in [6.07, 6.45) is 0. The Morgan fingerprint density at radius 3 is 2.72 bits per heavy atom. The summed E-state index contributed by atoms with van der Waals surface area (Å²) < 4.78 is 0. The average molecular weight is 247 g/mol. The summed E-state index contributed by atoms with van der Waals surface area (Å²) in [7, 11) is 1.45. The van der Waals surface area contributed by atoms with Crippen molar-refractivity contribution in [3.63, 3.8) is 0 Å². The molecule has 1 atom stereocenters. The number of carboxylic acids is 1. The molecule has 2 N–H and O–H groups in total. The normalized spacial score (nSPS) is 12.3. The monoisotopic (exact) mass is 247 g/mol. The standard InChI is InChI=1S/C12H13N3O3/c1-7(12(17)18)15(2)11(16)10-8-5-3-4-6-9(8)13-14-10/h3-7H,1-2H3,(H,13,14)(H,17,18). The van der Waals surface area contributed by atoms with Gasteiger partial charge in [-0.05, 0) is 13.0 Å². The molecule has 0 fully saturated rings. The van der Waals surface area contributed by atoms with E-state index < -0.39 is 17.9 Å². The Labute approximate surface area is 103 Å². The Balaban J connectivity index is 2.37. The van der Waals surface area contributed by atoms with Crippen molar-refractivity contribution in [2.45, 2.75) is 13.0 Å². The summed E-state index contributed by atoms with van der Waals surface area (Å²) in [4.78, 5) is 24.2. The van der Waals surface area contributed by atoms with Crippen LogP contribution in [0.1, 0.15) is 17.4 Å². The van der Waals surface area contributed by atoms with Gasteiger partial charge in [0.2, 0.25) is 0 Å². The first-order valence-electron chi connectivity index (χ1n) is 5.45. The molecule has 2 rings (SSSR count). The number of carboxylic acid groups (broad SMARTS) is 1. The highest BCUT2D eigenvalue weighted by molar-refractivity contribution is 6.05. The van der Waals surface area contributed by atoms with Crippen molar-refractivity contribution >= 4 is 22.8 Å². The summed E-state index contributed by atoms with van der Waals surface area (Å²) in [5.74, 6) is -1.46. The molecular weight excluding hydrogens is 234 g/mol. The predicted octanol–water partition coefficient (Wildman–Crippen LogP) is 1.11. The van der Waals surface area contributed by atoms with Gasteiger partial charge in [0.25, 0.3) is 5.91 Å². The minimum Gasteiger partial charge on any atom is -0.480 e. The zero-order chi connectivity index (χ0) is 13.3. The Hall–Kier alpha value is -2.37. The number of H-pyrrole nitrogens is 1. The number of hydrogen-bond acceptors (Lipinski definition) is 3. The first kappa shape index (κ1) is 12.1. The number of aromatic amines is 1. The summed E-state index contributed by atoms with van der Waals surface area (Å²) in [6.45, 7) is 1.45. The quantitative estimate of drug-likeness (QED) is 0.850. The molecule has 1 aromatic heterocycles. The van der Waals surface area contributed by atoms with E-state index in [0.29, 0.717) is 5.39 Å². The molecule has 6 nitrogen and oxygen atoms in total. The highest BCUT2D eigenvalue weighted by Gasteiger charge is 2.25. The van der Waals surface area contributed by atoms with Crippen LogP contribution in [-0.4, -0.2) is 45.2 Å². The molecule has 1 amide bonds. The lowest BCUT2D eigenvalue weighted by Gasteiger charge is -2.20. The van der Waals surface area contributed by atoms with E-state index >= 15 is 0 Å². The number of likely N-dealkylation sites (N-methyl/N-ethyl adjacent to an activating group) is 1. The maximum absolute atomic E-state index is 12.1. The number of fused-ring (bicyclic) bond motifs is 1. The molecule has 6 heteroatoms. The van der Waals surface area contributed by atoms with Crippen LogP contribution < -0.4 is 0 Å². The molecule has 94 valence electrons. The SMILES string of the molecule is CC(C(=O)O)N(C)C(=O)c1n[nH]c2ccccc12. The first-order valence-corrected chi connectivity index (χ1v) is 5.45. The number of aromatic nitrogens is 2. The molecule has 0 spiro atoms. The second-order valence-corrected chi connectivity index (χ2v) is 4.05. The van der Waals surface area contributed by atoms with Gasteiger partial charge in [-0.25, -0.2) is 4.79 Å². The van der Waals surface area contributed by atoms with Crippen molar-refractivity contribution in [1.82, 2.24) is 15.1 Å². The molecule has 0 saturated carbocycles. The molecule has 2 aromatic rings. The highest BCUT2D eigenvalue weighted by atomic mass is 16.4. The van der Waals surface area contributed by atoms with Crippen LogP contribution >= 0.6 is 0 Å². The molecule has 1 aromatic carbocycles. The van der Waals surface area contributed by atoms with Crippen molar-refractivity contribution in [2.75, 3.05) is 7.05 Å². The van der Waals surface area contributed by atoms with Crippen LogP contribution in [0.25, 0.3) is 10.9 Å². The number of nitrogens with one attached hydrogen (secondary N) is 1. The van der Waals surface area contributed by atoms with Crippen LogP contribution in [0.3, 0.4) is 0 Å². The van der Waals surface area contributed by atoms with Crippen molar-refractivity contribution in [2.24, 2.45) is 0 Å². The van der Waals surface area contributed by atoms with Crippen LogP contribution in [0.2, 0.25) is 0 Å². The average Bonchev–Trinajstić information content (AvgIpc) is 2.79. The summed E-state index contributed by atoms with van der Waals surface area (Å²) in [5, 5.41) is 16.3. The third kappa shape index (κ3) is 1.92. The van der Waals surface area contributed by atoms with E-state index in [-0.39, 0.29) is 5.69 Å². The third-order valence-electron chi connectivity index (χ3n) is 2.93. The fourth-order valence-electron chi connectivity index (χ4n) is 1.64. The van der Waals surface area contributed by atoms with Gasteiger partial charge in [0.05, 0.1) is 5.52 Å². The van der Waals surface area contributed by atoms with E-state index in [1.54, 1.807) is 18.2 Å². The number of para-hydroxylation sites is 1. The molecule has 1 unspecified atom stereocenters. The highest BCUT2D eigenvalue weighted by Crippen LogP contribution is 2.17. The zero-order valence-electron chi connectivity index (χ0n) is 10.0. The third-order valence-corrected chi connectivity index (χ3v) is 2.93. The second kappa shape index (κ2) is 4.48. The lowest BCUT2D eigenvalue weighted by atomic mass is 10.2. The molecule has 0 aliphatic carbocycles. The van der Waals surface area contributed by atoms with Gasteiger partial charge in [0, 0.05) is 12.4 Å². The maximum atomic E-state index is 12.1. The summed E-state index contributed by atoms with van der Waals surface area (Å²) in [6, 6.07) is 6.31. The van der Waals surface area contributed by atoms with E-state index in [2.05, 4.69) is 10.2 Å². The number of carbonyl (C=O) groups excluding carboxylic acids is 1. The zero-order valence-corrected chi connectivity index (χ0v) is 10.0. The number of aliphatic carboxylic acids is 1. The van der Waals surface area contributed by atoms with Gasteiger partial charge >= 0.3 is 5.97 Å². The largest absolute Gasteiger partial charge is 0.480 e. The number of benzene rings is 1. The van der Waals surface area contributed by atoms with Crippen LogP contribution in [0, 0.1) is 0 Å². The molecule has 0 aliphatic rings. The molecule has 0 bridgehead atoms. The van der Waals surface area contributed by atoms with Gasteiger partial charge in [0.1, 0.15) is 6.04 Å². The van der Waals surface area contributed by atoms with Gasteiger partial charge in [0.15, 0.2) is 5.69 Å². The van der Waals surface area contributed by atoms with Crippen LogP contribution in [-0.2, 0) is 4.79 Å². The number of hydrogen-bond donors (Lipinski definition) is 2. The smallest absolute Gasteiger partial charge is 0.326 e. The second-order valence-electron chi connectivity index (χ2n) is 4.05. The van der Waals surface area contributed by atoms with Crippen LogP contribution in [0.15, 0.2) is 24.3 Å². The fraction of sp³-hybridized carbons (Fsp3) is 0.250. The number of carbonyl (C=O) groups is 2. The van der Waals surface area contributed by atoms with E-state index in [9.17, 15) is 9.59 Å². The maximum Gasteiger partial charge on any atom is 0.326 e. The van der Waals surface area contributed by atoms with Crippen molar-refractivity contribution in [1.29, 1.82) is 0 Å². The van der Waals surface area contributed by atoms with Gasteiger partial charge < -0.3 is 10.0 Å². The molecule has 0 aliphatic heterocycles. The van der Waals surface area contributed by atoms with Gasteiger partial charge in [-0.15, -0.1) is 0 Å². The van der Waals surface area contributed by atoms with Crippen molar-refractivity contribution < 1.29 is 14.7 Å². The van der Waals surface area contributed by atoms with Crippen LogP contribution in [0.5, 0.6) is 0 Å². The minimum absolute atomic E-state index is 0.237. The Bertz CT molecular complexity index is 605. The molecule has 0 saturated heterocycles. The first-order chi connectivity index (χ1) is 8.52. The lowest BCUT2D eigenvalue weighted by Crippen LogP contribution is -2.40. The predicted molar refractivity (Wildman–Crippen MR) is 65.3 cm³/mol. The van der Waals surface area contributed by atoms with Crippen molar-refractivity contribution in [3.05, 3.63) is 30.0 Å². The van der Waals surface area contributed by atoms with Crippen LogP contribution in [0.4, 0.5) is 0 Å².